The monoisotopic (exact) mass is 494 g/mol. The lowest BCUT2D eigenvalue weighted by Crippen LogP contribution is -2.34. The number of furan rings is 1. The lowest BCUT2D eigenvalue weighted by atomic mass is 9.90. The molecule has 0 unspecified atom stereocenters. The highest BCUT2D eigenvalue weighted by molar-refractivity contribution is 7.90. The summed E-state index contributed by atoms with van der Waals surface area (Å²) in [5.41, 5.74) is 4.39. The van der Waals surface area contributed by atoms with E-state index in [9.17, 15) is 12.8 Å². The van der Waals surface area contributed by atoms with Gasteiger partial charge in [-0.05, 0) is 48.9 Å². The van der Waals surface area contributed by atoms with Crippen molar-refractivity contribution in [3.05, 3.63) is 60.1 Å². The lowest BCUT2D eigenvalue weighted by Gasteiger charge is -2.31. The molecule has 11 heteroatoms. The van der Waals surface area contributed by atoms with E-state index in [1.165, 1.54) is 18.6 Å². The van der Waals surface area contributed by atoms with Crippen molar-refractivity contribution in [2.45, 2.75) is 30.1 Å². The van der Waals surface area contributed by atoms with E-state index in [0.29, 0.717) is 28.8 Å². The highest BCUT2D eigenvalue weighted by Gasteiger charge is 2.29. The van der Waals surface area contributed by atoms with Crippen LogP contribution >= 0.6 is 0 Å². The number of anilines is 3. The van der Waals surface area contributed by atoms with Crippen molar-refractivity contribution in [1.82, 2.24) is 19.9 Å². The van der Waals surface area contributed by atoms with Crippen LogP contribution in [0.15, 0.2) is 52.5 Å². The minimum atomic E-state index is -3.26. The van der Waals surface area contributed by atoms with Crippen LogP contribution in [0.1, 0.15) is 29.9 Å². The van der Waals surface area contributed by atoms with E-state index in [-0.39, 0.29) is 5.92 Å². The van der Waals surface area contributed by atoms with E-state index < -0.39 is 15.7 Å². The fourth-order valence-electron chi connectivity index (χ4n) is 5.03. The molecule has 0 atom stereocenters. The summed E-state index contributed by atoms with van der Waals surface area (Å²) in [6, 6.07) is 5.22. The molecule has 0 amide bonds. The van der Waals surface area contributed by atoms with Gasteiger partial charge in [-0.3, -0.25) is 0 Å². The number of sulfone groups is 1. The van der Waals surface area contributed by atoms with Crippen LogP contribution in [0.25, 0.3) is 11.1 Å². The van der Waals surface area contributed by atoms with Gasteiger partial charge in [0.15, 0.2) is 27.1 Å². The summed E-state index contributed by atoms with van der Waals surface area (Å²) < 4.78 is 43.1. The van der Waals surface area contributed by atoms with Gasteiger partial charge in [-0.1, -0.05) is 0 Å². The molecule has 3 aromatic heterocycles. The zero-order chi connectivity index (χ0) is 24.2. The first kappa shape index (κ1) is 21.9. The smallest absolute Gasteiger partial charge is 0.225 e. The predicted octanol–water partition coefficient (Wildman–Crippen LogP) is 3.63. The number of hydrogen-bond donors (Lipinski definition) is 0. The second-order valence-corrected chi connectivity index (χ2v) is 11.0. The maximum Gasteiger partial charge on any atom is 0.225 e. The van der Waals surface area contributed by atoms with Crippen LogP contribution in [-0.2, 0) is 16.3 Å². The van der Waals surface area contributed by atoms with Crippen LogP contribution in [0.4, 0.5) is 21.8 Å². The molecule has 0 spiro atoms. The molecule has 9 nitrogen and oxygen atoms in total. The molecule has 0 aliphatic carbocycles. The molecule has 2 aliphatic heterocycles. The minimum Gasteiger partial charge on any atom is -0.458 e. The Bertz CT molecular complexity index is 1510. The van der Waals surface area contributed by atoms with E-state index >= 15 is 0 Å². The first-order valence-electron chi connectivity index (χ1n) is 11.4. The van der Waals surface area contributed by atoms with Gasteiger partial charge in [-0.25, -0.2) is 32.7 Å². The molecular formula is C24H23FN6O3S. The largest absolute Gasteiger partial charge is 0.458 e. The molecule has 6 rings (SSSR count). The SMILES string of the molecule is CS(=O)(=O)c1ccc2c(c1)CCN2c1ncnc2c(C3CCN(c4ncc(F)cn4)CC3)coc12. The van der Waals surface area contributed by atoms with Gasteiger partial charge >= 0.3 is 0 Å². The van der Waals surface area contributed by atoms with Crippen molar-refractivity contribution in [1.29, 1.82) is 0 Å². The highest BCUT2D eigenvalue weighted by Crippen LogP contribution is 2.41. The minimum absolute atomic E-state index is 0.263. The Labute approximate surface area is 201 Å². The first-order chi connectivity index (χ1) is 16.9. The molecule has 180 valence electrons. The maximum absolute atomic E-state index is 13.1. The number of rotatable bonds is 4. The summed E-state index contributed by atoms with van der Waals surface area (Å²) in [5.74, 6) is 1.04. The number of fused-ring (bicyclic) bond motifs is 2. The van der Waals surface area contributed by atoms with E-state index in [1.807, 2.05) is 6.07 Å². The van der Waals surface area contributed by atoms with Gasteiger partial charge in [0.1, 0.15) is 11.8 Å². The zero-order valence-electron chi connectivity index (χ0n) is 19.1. The summed E-state index contributed by atoms with van der Waals surface area (Å²) in [7, 11) is -3.26. The van der Waals surface area contributed by atoms with Gasteiger partial charge in [0.25, 0.3) is 0 Å². The van der Waals surface area contributed by atoms with Crippen molar-refractivity contribution >= 4 is 38.4 Å². The van der Waals surface area contributed by atoms with E-state index in [1.54, 1.807) is 24.7 Å². The third-order valence-electron chi connectivity index (χ3n) is 6.82. The second-order valence-electron chi connectivity index (χ2n) is 8.99. The molecule has 1 aromatic carbocycles. The molecule has 35 heavy (non-hydrogen) atoms. The van der Waals surface area contributed by atoms with Crippen molar-refractivity contribution < 1.29 is 17.2 Å². The molecule has 2 aliphatic rings. The first-order valence-corrected chi connectivity index (χ1v) is 13.3. The van der Waals surface area contributed by atoms with Crippen LogP contribution in [0.5, 0.6) is 0 Å². The lowest BCUT2D eigenvalue weighted by molar-refractivity contribution is 0.492. The summed E-state index contributed by atoms with van der Waals surface area (Å²) in [6.07, 6.45) is 9.40. The number of nitrogens with zero attached hydrogens (tertiary/aromatic N) is 6. The van der Waals surface area contributed by atoms with Gasteiger partial charge in [-0.2, -0.15) is 0 Å². The highest BCUT2D eigenvalue weighted by atomic mass is 32.2. The number of benzene rings is 1. The quantitative estimate of drug-likeness (QED) is 0.420. The number of halogens is 1. The molecule has 4 aromatic rings. The Balaban J connectivity index is 1.26. The Morgan fingerprint density at radius 1 is 1.06 bits per heavy atom. The second kappa shape index (κ2) is 8.26. The zero-order valence-corrected chi connectivity index (χ0v) is 19.9. The number of hydrogen-bond acceptors (Lipinski definition) is 9. The van der Waals surface area contributed by atoms with Crippen LogP contribution in [0, 0.1) is 5.82 Å². The van der Waals surface area contributed by atoms with Crippen molar-refractivity contribution in [2.75, 3.05) is 35.7 Å². The molecule has 0 bridgehead atoms. The van der Waals surface area contributed by atoms with Crippen LogP contribution in [0.2, 0.25) is 0 Å². The molecule has 0 N–H and O–H groups in total. The summed E-state index contributed by atoms with van der Waals surface area (Å²) in [6.45, 7) is 2.19. The molecule has 1 fully saturated rings. The topological polar surface area (TPSA) is 105 Å². The van der Waals surface area contributed by atoms with Crippen LogP contribution < -0.4 is 9.80 Å². The van der Waals surface area contributed by atoms with Gasteiger partial charge in [0, 0.05) is 37.1 Å². The van der Waals surface area contributed by atoms with Gasteiger partial charge in [0.05, 0.1) is 23.6 Å². The normalized spacial score (nSPS) is 16.7. The third kappa shape index (κ3) is 3.89. The van der Waals surface area contributed by atoms with Gasteiger partial charge in [0.2, 0.25) is 5.95 Å². The van der Waals surface area contributed by atoms with E-state index in [0.717, 1.165) is 54.7 Å². The summed E-state index contributed by atoms with van der Waals surface area (Å²) in [4.78, 5) is 21.7. The molecule has 5 heterocycles. The summed E-state index contributed by atoms with van der Waals surface area (Å²) in [5, 5.41) is 0. The van der Waals surface area contributed by atoms with Gasteiger partial charge < -0.3 is 14.2 Å². The molecule has 0 saturated carbocycles. The van der Waals surface area contributed by atoms with E-state index in [2.05, 4.69) is 29.7 Å². The molecule has 1 saturated heterocycles. The molecule has 0 radical (unpaired) electrons. The maximum atomic E-state index is 13.1. The Morgan fingerprint density at radius 3 is 2.57 bits per heavy atom. The molecular weight excluding hydrogens is 471 g/mol. The van der Waals surface area contributed by atoms with Crippen LogP contribution in [0.3, 0.4) is 0 Å². The average molecular weight is 495 g/mol. The Hall–Kier alpha value is -3.60. The average Bonchev–Trinajstić information content (AvgIpc) is 3.48. The third-order valence-corrected chi connectivity index (χ3v) is 7.93. The fraction of sp³-hybridized carbons (Fsp3) is 0.333. The number of piperidine rings is 1. The van der Waals surface area contributed by atoms with Crippen molar-refractivity contribution in [2.24, 2.45) is 0 Å². The number of aromatic nitrogens is 4. The van der Waals surface area contributed by atoms with Crippen molar-refractivity contribution in [3.8, 4) is 0 Å². The van der Waals surface area contributed by atoms with E-state index in [4.69, 9.17) is 4.42 Å². The predicted molar refractivity (Wildman–Crippen MR) is 128 cm³/mol. The fourth-order valence-corrected chi connectivity index (χ4v) is 5.70. The van der Waals surface area contributed by atoms with Crippen LogP contribution in [-0.4, -0.2) is 54.2 Å². The summed E-state index contributed by atoms with van der Waals surface area (Å²) >= 11 is 0. The van der Waals surface area contributed by atoms with Crippen molar-refractivity contribution in [3.63, 3.8) is 0 Å². The Kier molecular flexibility index (Phi) is 5.17. The Morgan fingerprint density at radius 2 is 1.83 bits per heavy atom. The van der Waals surface area contributed by atoms with Gasteiger partial charge in [-0.15, -0.1) is 0 Å². The standard InChI is InChI=1S/C24H23FN6O3S/c1-35(32,33)18-2-3-20-16(10-18)6-9-31(20)23-22-21(28-14-29-23)19(13-34-22)15-4-7-30(8-5-15)24-26-11-17(25)12-27-24/h2-3,10-15H,4-9H2,1H3.